The standard InChI is InChI=1S/C17H22N4O2Si/c1-24(2,3)7-6-23-12-21-5-4-15-16(19-11-20-17(15)21)13-8-14(10-22)18-9-13/h4-5,8-11,18H,6-7,12H2,1-3H3. The second kappa shape index (κ2) is 6.70. The molecule has 1 N–H and O–H groups in total. The molecule has 0 unspecified atom stereocenters. The zero-order valence-electron chi connectivity index (χ0n) is 14.2. The van der Waals surface area contributed by atoms with Gasteiger partial charge in [-0.15, -0.1) is 0 Å². The smallest absolute Gasteiger partial charge is 0.166 e. The molecule has 0 aliphatic carbocycles. The molecule has 6 nitrogen and oxygen atoms in total. The van der Waals surface area contributed by atoms with E-state index < -0.39 is 8.07 Å². The van der Waals surface area contributed by atoms with Crippen LogP contribution in [0.2, 0.25) is 25.7 Å². The summed E-state index contributed by atoms with van der Waals surface area (Å²) in [4.78, 5) is 22.5. The maximum atomic E-state index is 10.9. The fraction of sp³-hybridized carbons (Fsp3) is 0.353. The normalized spacial score (nSPS) is 12.0. The zero-order valence-corrected chi connectivity index (χ0v) is 15.2. The van der Waals surface area contributed by atoms with Gasteiger partial charge in [-0.25, -0.2) is 9.97 Å². The van der Waals surface area contributed by atoms with Crippen molar-refractivity contribution in [2.45, 2.75) is 32.4 Å². The molecular formula is C17H22N4O2Si. The molecule has 3 aromatic rings. The first-order chi connectivity index (χ1) is 11.5. The van der Waals surface area contributed by atoms with Crippen LogP contribution < -0.4 is 0 Å². The highest BCUT2D eigenvalue weighted by atomic mass is 28.3. The number of hydrogen-bond donors (Lipinski definition) is 1. The highest BCUT2D eigenvalue weighted by Gasteiger charge is 2.14. The zero-order chi connectivity index (χ0) is 17.2. The predicted octanol–water partition coefficient (Wildman–Crippen LogP) is 3.55. The number of nitrogens with zero attached hydrogens (tertiary/aromatic N) is 3. The topological polar surface area (TPSA) is 72.8 Å². The van der Waals surface area contributed by atoms with Crippen LogP contribution in [0.4, 0.5) is 0 Å². The van der Waals surface area contributed by atoms with Crippen LogP contribution in [0, 0.1) is 0 Å². The van der Waals surface area contributed by atoms with Gasteiger partial charge in [-0.05, 0) is 18.2 Å². The second-order valence-corrected chi connectivity index (χ2v) is 12.7. The van der Waals surface area contributed by atoms with E-state index in [0.29, 0.717) is 12.4 Å². The first-order valence-electron chi connectivity index (χ1n) is 7.99. The first-order valence-corrected chi connectivity index (χ1v) is 11.7. The average Bonchev–Trinajstić information content (AvgIpc) is 3.17. The molecule has 0 bridgehead atoms. The third-order valence-corrected chi connectivity index (χ3v) is 5.59. The Morgan fingerprint density at radius 1 is 1.33 bits per heavy atom. The summed E-state index contributed by atoms with van der Waals surface area (Å²) in [5.41, 5.74) is 3.06. The van der Waals surface area contributed by atoms with Gasteiger partial charge >= 0.3 is 0 Å². The van der Waals surface area contributed by atoms with Crippen LogP contribution >= 0.6 is 0 Å². The minimum Gasteiger partial charge on any atom is -0.361 e. The number of aldehydes is 1. The van der Waals surface area contributed by atoms with Crippen molar-refractivity contribution in [3.05, 3.63) is 36.5 Å². The molecule has 3 heterocycles. The third-order valence-electron chi connectivity index (χ3n) is 3.89. The van der Waals surface area contributed by atoms with Crippen LogP contribution in [0.15, 0.2) is 30.9 Å². The van der Waals surface area contributed by atoms with E-state index >= 15 is 0 Å². The molecule has 0 aliphatic rings. The summed E-state index contributed by atoms with van der Waals surface area (Å²) in [6.45, 7) is 8.27. The van der Waals surface area contributed by atoms with Crippen molar-refractivity contribution >= 4 is 25.4 Å². The SMILES string of the molecule is C[Si](C)(C)CCOCn1ccc2c(-c3c[nH]c(C=O)c3)ncnc21. The van der Waals surface area contributed by atoms with Gasteiger partial charge in [0.05, 0.1) is 11.4 Å². The lowest BCUT2D eigenvalue weighted by Gasteiger charge is -2.15. The van der Waals surface area contributed by atoms with Crippen molar-refractivity contribution in [2.24, 2.45) is 0 Å². The van der Waals surface area contributed by atoms with Gasteiger partial charge in [-0.3, -0.25) is 4.79 Å². The highest BCUT2D eigenvalue weighted by Crippen LogP contribution is 2.26. The quantitative estimate of drug-likeness (QED) is 0.405. The number of H-pyrrole nitrogens is 1. The molecule has 0 atom stereocenters. The average molecular weight is 342 g/mol. The van der Waals surface area contributed by atoms with Gasteiger partial charge in [0.15, 0.2) is 6.29 Å². The fourth-order valence-electron chi connectivity index (χ4n) is 2.50. The Balaban J connectivity index is 1.80. The number of aromatic nitrogens is 4. The molecule has 0 fully saturated rings. The Morgan fingerprint density at radius 2 is 2.17 bits per heavy atom. The summed E-state index contributed by atoms with van der Waals surface area (Å²) in [6.07, 6.45) is 6.08. The lowest BCUT2D eigenvalue weighted by atomic mass is 10.1. The van der Waals surface area contributed by atoms with E-state index in [-0.39, 0.29) is 0 Å². The lowest BCUT2D eigenvalue weighted by molar-refractivity contribution is 0.0899. The van der Waals surface area contributed by atoms with E-state index in [4.69, 9.17) is 4.74 Å². The Kier molecular flexibility index (Phi) is 4.63. The van der Waals surface area contributed by atoms with Gasteiger partial charge in [0, 0.05) is 38.0 Å². The number of ether oxygens (including phenoxy) is 1. The molecule has 0 saturated carbocycles. The largest absolute Gasteiger partial charge is 0.361 e. The summed E-state index contributed by atoms with van der Waals surface area (Å²) >= 11 is 0. The maximum absolute atomic E-state index is 10.9. The van der Waals surface area contributed by atoms with Crippen molar-refractivity contribution in [1.29, 1.82) is 0 Å². The van der Waals surface area contributed by atoms with Crippen molar-refractivity contribution < 1.29 is 9.53 Å². The van der Waals surface area contributed by atoms with Crippen LogP contribution in [-0.2, 0) is 11.5 Å². The molecule has 0 aliphatic heterocycles. The second-order valence-electron chi connectivity index (χ2n) is 7.05. The summed E-state index contributed by atoms with van der Waals surface area (Å²) in [7, 11) is -1.08. The molecule has 0 aromatic carbocycles. The van der Waals surface area contributed by atoms with Crippen molar-refractivity contribution in [1.82, 2.24) is 19.5 Å². The molecule has 0 amide bonds. The minimum atomic E-state index is -1.08. The summed E-state index contributed by atoms with van der Waals surface area (Å²) in [5, 5.41) is 0.947. The third kappa shape index (κ3) is 3.63. The van der Waals surface area contributed by atoms with E-state index in [1.54, 1.807) is 18.6 Å². The van der Waals surface area contributed by atoms with Crippen molar-refractivity contribution in [3.8, 4) is 11.3 Å². The number of fused-ring (bicyclic) bond motifs is 1. The maximum Gasteiger partial charge on any atom is 0.166 e. The summed E-state index contributed by atoms with van der Waals surface area (Å²) in [6, 6.07) is 4.92. The molecule has 126 valence electrons. The molecule has 3 aromatic heterocycles. The molecule has 0 spiro atoms. The highest BCUT2D eigenvalue weighted by molar-refractivity contribution is 6.76. The van der Waals surface area contributed by atoms with Crippen molar-refractivity contribution in [2.75, 3.05) is 6.61 Å². The molecule has 24 heavy (non-hydrogen) atoms. The number of carbonyl (C=O) groups excluding carboxylic acids is 1. The number of aromatic amines is 1. The van der Waals surface area contributed by atoms with Crippen LogP contribution in [-0.4, -0.2) is 40.5 Å². The first kappa shape index (κ1) is 16.6. The van der Waals surface area contributed by atoms with E-state index in [0.717, 1.165) is 41.2 Å². The van der Waals surface area contributed by atoms with Crippen molar-refractivity contribution in [3.63, 3.8) is 0 Å². The Morgan fingerprint density at radius 3 is 2.88 bits per heavy atom. The molecule has 0 radical (unpaired) electrons. The minimum absolute atomic E-state index is 0.483. The van der Waals surface area contributed by atoms with E-state index in [1.807, 2.05) is 16.8 Å². The number of rotatable bonds is 7. The van der Waals surface area contributed by atoms with Crippen LogP contribution in [0.1, 0.15) is 10.5 Å². The number of nitrogens with one attached hydrogen (secondary N) is 1. The number of hydrogen-bond acceptors (Lipinski definition) is 4. The van der Waals surface area contributed by atoms with Crippen LogP contribution in [0.3, 0.4) is 0 Å². The van der Waals surface area contributed by atoms with Crippen LogP contribution in [0.5, 0.6) is 0 Å². The van der Waals surface area contributed by atoms with Gasteiger partial charge in [0.2, 0.25) is 0 Å². The predicted molar refractivity (Wildman–Crippen MR) is 96.8 cm³/mol. The van der Waals surface area contributed by atoms with Gasteiger partial charge in [0.25, 0.3) is 0 Å². The van der Waals surface area contributed by atoms with E-state index in [9.17, 15) is 4.79 Å². The lowest BCUT2D eigenvalue weighted by Crippen LogP contribution is -2.22. The molecule has 7 heteroatoms. The Hall–Kier alpha value is -2.25. The molecular weight excluding hydrogens is 320 g/mol. The van der Waals surface area contributed by atoms with Gasteiger partial charge in [-0.1, -0.05) is 19.6 Å². The Labute approximate surface area is 141 Å². The Bertz CT molecular complexity index is 848. The summed E-state index contributed by atoms with van der Waals surface area (Å²) < 4.78 is 7.80. The van der Waals surface area contributed by atoms with E-state index in [2.05, 4.69) is 34.6 Å². The molecule has 0 saturated heterocycles. The van der Waals surface area contributed by atoms with Gasteiger partial charge in [0.1, 0.15) is 18.7 Å². The summed E-state index contributed by atoms with van der Waals surface area (Å²) in [5.74, 6) is 0. The number of carbonyl (C=O) groups is 1. The monoisotopic (exact) mass is 342 g/mol. The van der Waals surface area contributed by atoms with Crippen LogP contribution in [0.25, 0.3) is 22.3 Å². The molecule has 3 rings (SSSR count). The van der Waals surface area contributed by atoms with E-state index in [1.165, 1.54) is 0 Å². The van der Waals surface area contributed by atoms with Gasteiger partial charge in [-0.2, -0.15) is 0 Å². The fourth-order valence-corrected chi connectivity index (χ4v) is 3.25. The van der Waals surface area contributed by atoms with Gasteiger partial charge < -0.3 is 14.3 Å².